The first-order valence-electron chi connectivity index (χ1n) is 9.47. The van der Waals surface area contributed by atoms with Gasteiger partial charge in [-0.3, -0.25) is 4.90 Å². The van der Waals surface area contributed by atoms with Crippen molar-refractivity contribution in [2.75, 3.05) is 26.7 Å². The number of hydrogen-bond donors (Lipinski definition) is 1. The number of likely N-dealkylation sites (N-methyl/N-ethyl adjacent to an activating group) is 1. The predicted octanol–water partition coefficient (Wildman–Crippen LogP) is 3.82. The fourth-order valence-electron chi connectivity index (χ4n) is 3.16. The fraction of sp³-hybridized carbons (Fsp3) is 0.273. The van der Waals surface area contributed by atoms with E-state index in [9.17, 15) is 0 Å². The van der Waals surface area contributed by atoms with E-state index in [1.54, 1.807) is 0 Å². The number of ether oxygens (including phenoxy) is 1. The van der Waals surface area contributed by atoms with Crippen LogP contribution >= 0.6 is 12.4 Å². The Kier molecular flexibility index (Phi) is 7.41. The molecule has 0 bridgehead atoms. The third-order valence-electron chi connectivity index (χ3n) is 4.79. The van der Waals surface area contributed by atoms with Gasteiger partial charge in [-0.05, 0) is 36.4 Å². The molecule has 152 valence electrons. The Morgan fingerprint density at radius 2 is 2.03 bits per heavy atom. The smallest absolute Gasteiger partial charge is 0.250 e. The van der Waals surface area contributed by atoms with Gasteiger partial charge >= 0.3 is 0 Å². The van der Waals surface area contributed by atoms with Crippen LogP contribution in [0.5, 0.6) is 5.75 Å². The molecule has 1 aliphatic rings. The highest BCUT2D eigenvalue weighted by atomic mass is 35.5. The molecule has 0 radical (unpaired) electrons. The van der Waals surface area contributed by atoms with Crippen molar-refractivity contribution < 1.29 is 9.26 Å². The Labute approximate surface area is 177 Å². The summed E-state index contributed by atoms with van der Waals surface area (Å²) < 4.78 is 11.3. The lowest BCUT2D eigenvalue weighted by Crippen LogP contribution is -2.44. The van der Waals surface area contributed by atoms with Gasteiger partial charge in [0.05, 0.1) is 6.04 Å². The van der Waals surface area contributed by atoms with E-state index in [4.69, 9.17) is 9.26 Å². The van der Waals surface area contributed by atoms with Gasteiger partial charge in [0.25, 0.3) is 5.89 Å². The summed E-state index contributed by atoms with van der Waals surface area (Å²) in [4.78, 5) is 6.76. The highest BCUT2D eigenvalue weighted by Gasteiger charge is 2.24. The van der Waals surface area contributed by atoms with Crippen molar-refractivity contribution >= 4 is 24.6 Å². The summed E-state index contributed by atoms with van der Waals surface area (Å²) in [6.07, 6.45) is 3.79. The van der Waals surface area contributed by atoms with Crippen LogP contribution in [0.2, 0.25) is 0 Å². The van der Waals surface area contributed by atoms with Gasteiger partial charge in [0.1, 0.15) is 12.4 Å². The van der Waals surface area contributed by atoms with Gasteiger partial charge in [-0.1, -0.05) is 47.6 Å². The molecule has 0 aliphatic carbocycles. The molecule has 1 aliphatic heterocycles. The molecular weight excluding hydrogens is 388 g/mol. The van der Waals surface area contributed by atoms with E-state index < -0.39 is 0 Å². The van der Waals surface area contributed by atoms with E-state index in [1.807, 2.05) is 54.6 Å². The van der Waals surface area contributed by atoms with Crippen molar-refractivity contribution in [2.45, 2.75) is 12.6 Å². The normalized spacial score (nSPS) is 17.2. The van der Waals surface area contributed by atoms with Crippen molar-refractivity contribution in [2.24, 2.45) is 0 Å². The van der Waals surface area contributed by atoms with Crippen LogP contribution < -0.4 is 10.1 Å². The van der Waals surface area contributed by atoms with Crippen molar-refractivity contribution in [3.8, 4) is 5.75 Å². The van der Waals surface area contributed by atoms with Gasteiger partial charge in [-0.25, -0.2) is 0 Å². The fourth-order valence-corrected chi connectivity index (χ4v) is 3.16. The number of nitrogens with one attached hydrogen (secondary N) is 1. The van der Waals surface area contributed by atoms with Crippen molar-refractivity contribution in [1.82, 2.24) is 20.4 Å². The zero-order valence-corrected chi connectivity index (χ0v) is 17.1. The minimum Gasteiger partial charge on any atom is -0.489 e. The van der Waals surface area contributed by atoms with Crippen LogP contribution in [0.3, 0.4) is 0 Å². The molecule has 1 atom stereocenters. The number of benzene rings is 2. The van der Waals surface area contributed by atoms with Crippen LogP contribution in [0.25, 0.3) is 12.2 Å². The topological polar surface area (TPSA) is 63.4 Å². The molecule has 6 nitrogen and oxygen atoms in total. The van der Waals surface area contributed by atoms with Crippen LogP contribution in [0.1, 0.15) is 28.9 Å². The van der Waals surface area contributed by atoms with E-state index in [2.05, 4.69) is 39.5 Å². The quantitative estimate of drug-likeness (QED) is 0.664. The standard InChI is InChI=1S/C22H24N4O2.ClH/c1-26-13-12-23-15-20(26)22-24-21(28-25-22)11-10-17-8-5-9-19(14-17)27-16-18-6-3-2-4-7-18;/h2-11,14,20,23H,12-13,15-16H2,1H3;1H/b11-10+;. The van der Waals surface area contributed by atoms with E-state index in [1.165, 1.54) is 0 Å². The molecule has 2 heterocycles. The maximum atomic E-state index is 5.88. The van der Waals surface area contributed by atoms with E-state index >= 15 is 0 Å². The molecule has 1 N–H and O–H groups in total. The molecule has 4 rings (SSSR count). The molecular formula is C22H25ClN4O2. The van der Waals surface area contributed by atoms with Gasteiger partial charge in [-0.2, -0.15) is 4.98 Å². The Morgan fingerprint density at radius 1 is 1.17 bits per heavy atom. The molecule has 1 saturated heterocycles. The minimum atomic E-state index is 0. The lowest BCUT2D eigenvalue weighted by atomic mass is 10.2. The molecule has 0 amide bonds. The zero-order valence-electron chi connectivity index (χ0n) is 16.3. The summed E-state index contributed by atoms with van der Waals surface area (Å²) in [5, 5.41) is 7.50. The maximum Gasteiger partial charge on any atom is 0.250 e. The van der Waals surface area contributed by atoms with Crippen LogP contribution in [0.4, 0.5) is 0 Å². The number of piperazine rings is 1. The van der Waals surface area contributed by atoms with E-state index in [-0.39, 0.29) is 18.4 Å². The second-order valence-electron chi connectivity index (χ2n) is 6.87. The Balaban J connectivity index is 0.00000240. The molecule has 3 aromatic rings. The van der Waals surface area contributed by atoms with Crippen molar-refractivity contribution in [3.63, 3.8) is 0 Å². The molecule has 29 heavy (non-hydrogen) atoms. The van der Waals surface area contributed by atoms with Crippen molar-refractivity contribution in [3.05, 3.63) is 77.4 Å². The van der Waals surface area contributed by atoms with Crippen LogP contribution in [0, 0.1) is 0 Å². The Bertz CT molecular complexity index is 929. The second-order valence-corrected chi connectivity index (χ2v) is 6.87. The Hall–Kier alpha value is -2.67. The molecule has 0 saturated carbocycles. The summed E-state index contributed by atoms with van der Waals surface area (Å²) in [5.74, 6) is 2.05. The SMILES string of the molecule is CN1CCNCC1c1noc(/C=C/c2cccc(OCc3ccccc3)c2)n1.Cl. The first-order chi connectivity index (χ1) is 13.8. The largest absolute Gasteiger partial charge is 0.489 e. The highest BCUT2D eigenvalue weighted by molar-refractivity contribution is 5.85. The maximum absolute atomic E-state index is 5.88. The minimum absolute atomic E-state index is 0. The van der Waals surface area contributed by atoms with Crippen molar-refractivity contribution in [1.29, 1.82) is 0 Å². The van der Waals surface area contributed by atoms with Gasteiger partial charge in [0.15, 0.2) is 5.82 Å². The van der Waals surface area contributed by atoms with Gasteiger partial charge in [0.2, 0.25) is 0 Å². The van der Waals surface area contributed by atoms with Gasteiger partial charge in [0, 0.05) is 25.7 Å². The summed E-state index contributed by atoms with van der Waals surface area (Å²) in [5.41, 5.74) is 2.16. The molecule has 7 heteroatoms. The number of hydrogen-bond acceptors (Lipinski definition) is 6. The number of nitrogens with zero attached hydrogens (tertiary/aromatic N) is 3. The molecule has 1 aromatic heterocycles. The number of rotatable bonds is 6. The second kappa shape index (κ2) is 10.2. The average Bonchev–Trinajstić information content (AvgIpc) is 3.21. The van der Waals surface area contributed by atoms with Crippen LogP contribution in [0.15, 0.2) is 59.1 Å². The molecule has 1 fully saturated rings. The summed E-state index contributed by atoms with van der Waals surface area (Å²) in [6.45, 7) is 3.34. The monoisotopic (exact) mass is 412 g/mol. The first-order valence-corrected chi connectivity index (χ1v) is 9.47. The zero-order chi connectivity index (χ0) is 19.2. The lowest BCUT2D eigenvalue weighted by molar-refractivity contribution is 0.190. The highest BCUT2D eigenvalue weighted by Crippen LogP contribution is 2.20. The summed E-state index contributed by atoms with van der Waals surface area (Å²) >= 11 is 0. The van der Waals surface area contributed by atoms with Crippen LogP contribution in [-0.4, -0.2) is 41.7 Å². The molecule has 1 unspecified atom stereocenters. The van der Waals surface area contributed by atoms with E-state index in [0.717, 1.165) is 36.5 Å². The Morgan fingerprint density at radius 3 is 2.86 bits per heavy atom. The summed E-state index contributed by atoms with van der Waals surface area (Å²) in [6, 6.07) is 18.2. The predicted molar refractivity (Wildman–Crippen MR) is 116 cm³/mol. The first kappa shape index (κ1) is 21.0. The lowest BCUT2D eigenvalue weighted by Gasteiger charge is -2.30. The average molecular weight is 413 g/mol. The molecule has 2 aromatic carbocycles. The number of halogens is 1. The van der Waals surface area contributed by atoms with Gasteiger partial charge in [-0.15, -0.1) is 12.4 Å². The van der Waals surface area contributed by atoms with E-state index in [0.29, 0.717) is 18.3 Å². The van der Waals surface area contributed by atoms with Crippen LogP contribution in [-0.2, 0) is 6.61 Å². The third kappa shape index (κ3) is 5.67. The number of aromatic nitrogens is 2. The molecule has 0 spiro atoms. The van der Waals surface area contributed by atoms with Gasteiger partial charge < -0.3 is 14.6 Å². The summed E-state index contributed by atoms with van der Waals surface area (Å²) in [7, 11) is 2.08. The third-order valence-corrected chi connectivity index (χ3v) is 4.79.